The highest BCUT2D eigenvalue weighted by atomic mass is 35.5. The Hall–Kier alpha value is -1.45. The Balaban J connectivity index is 1.90. The highest BCUT2D eigenvalue weighted by Crippen LogP contribution is 2.36. The molecule has 0 bridgehead atoms. The molecule has 1 aromatic heterocycles. The maximum Gasteiger partial charge on any atom is 0.123 e. The van der Waals surface area contributed by atoms with Crippen molar-refractivity contribution in [2.75, 3.05) is 11.9 Å². The van der Waals surface area contributed by atoms with E-state index in [1.807, 2.05) is 31.3 Å². The smallest absolute Gasteiger partial charge is 0.123 e. The van der Waals surface area contributed by atoms with Gasteiger partial charge in [0.1, 0.15) is 5.76 Å². The van der Waals surface area contributed by atoms with Gasteiger partial charge in [0.15, 0.2) is 0 Å². The number of nitrogens with one attached hydrogen (secondary N) is 1. The average molecular weight is 291 g/mol. The molecule has 0 unspecified atom stereocenters. The molecule has 4 heteroatoms. The number of hydrogen-bond acceptors (Lipinski definition) is 3. The highest BCUT2D eigenvalue weighted by Gasteiger charge is 2.31. The summed E-state index contributed by atoms with van der Waals surface area (Å²) in [6.45, 7) is 1.63. The first-order valence-electron chi connectivity index (χ1n) is 7.00. The lowest BCUT2D eigenvalue weighted by molar-refractivity contribution is 0.501. The van der Waals surface area contributed by atoms with Crippen molar-refractivity contribution >= 4 is 17.3 Å². The van der Waals surface area contributed by atoms with Crippen LogP contribution in [0.3, 0.4) is 0 Å². The zero-order valence-corrected chi connectivity index (χ0v) is 12.4. The van der Waals surface area contributed by atoms with Gasteiger partial charge in [0.2, 0.25) is 0 Å². The van der Waals surface area contributed by atoms with Crippen LogP contribution in [0, 0.1) is 0 Å². The van der Waals surface area contributed by atoms with Gasteiger partial charge in [-0.2, -0.15) is 0 Å². The Kier molecular flexibility index (Phi) is 3.99. The van der Waals surface area contributed by atoms with Crippen molar-refractivity contribution in [2.45, 2.75) is 32.0 Å². The van der Waals surface area contributed by atoms with Crippen LogP contribution in [0.25, 0.3) is 0 Å². The SMILES string of the molecule is CNCc1cc(Cl)ccc1N(Cc1ccco1)C1CC1. The van der Waals surface area contributed by atoms with E-state index < -0.39 is 0 Å². The molecular formula is C16H19ClN2O. The number of halogens is 1. The van der Waals surface area contributed by atoms with Gasteiger partial charge < -0.3 is 14.6 Å². The standard InChI is InChI=1S/C16H19ClN2O/c1-18-10-12-9-13(17)4-7-16(12)19(14-5-6-14)11-15-3-2-8-20-15/h2-4,7-9,14,18H,5-6,10-11H2,1H3. The second-order valence-corrected chi connectivity index (χ2v) is 5.68. The lowest BCUT2D eigenvalue weighted by Crippen LogP contribution is -2.26. The minimum absolute atomic E-state index is 0.622. The van der Waals surface area contributed by atoms with Crippen LogP contribution in [0.2, 0.25) is 5.02 Å². The minimum Gasteiger partial charge on any atom is -0.467 e. The molecule has 106 valence electrons. The summed E-state index contributed by atoms with van der Waals surface area (Å²) in [5.74, 6) is 1.00. The minimum atomic E-state index is 0.622. The zero-order valence-electron chi connectivity index (χ0n) is 11.6. The zero-order chi connectivity index (χ0) is 13.9. The van der Waals surface area contributed by atoms with Gasteiger partial charge in [-0.15, -0.1) is 0 Å². The molecule has 2 aromatic rings. The Morgan fingerprint density at radius 1 is 1.35 bits per heavy atom. The van der Waals surface area contributed by atoms with Crippen molar-refractivity contribution < 1.29 is 4.42 Å². The Morgan fingerprint density at radius 3 is 2.85 bits per heavy atom. The Labute approximate surface area is 124 Å². The summed E-state index contributed by atoms with van der Waals surface area (Å²) in [5.41, 5.74) is 2.49. The van der Waals surface area contributed by atoms with Crippen LogP contribution in [0.1, 0.15) is 24.2 Å². The molecule has 1 aromatic carbocycles. The van der Waals surface area contributed by atoms with Crippen LogP contribution in [0.5, 0.6) is 0 Å². The van der Waals surface area contributed by atoms with Crippen molar-refractivity contribution in [1.82, 2.24) is 5.32 Å². The third kappa shape index (κ3) is 3.00. The summed E-state index contributed by atoms with van der Waals surface area (Å²) in [4.78, 5) is 2.43. The monoisotopic (exact) mass is 290 g/mol. The molecule has 1 heterocycles. The molecule has 3 nitrogen and oxygen atoms in total. The van der Waals surface area contributed by atoms with Crippen LogP contribution in [0.4, 0.5) is 5.69 Å². The lowest BCUT2D eigenvalue weighted by atomic mass is 10.1. The Morgan fingerprint density at radius 2 is 2.20 bits per heavy atom. The predicted molar refractivity (Wildman–Crippen MR) is 82.1 cm³/mol. The van der Waals surface area contributed by atoms with E-state index >= 15 is 0 Å². The summed E-state index contributed by atoms with van der Waals surface area (Å²) in [5, 5.41) is 4.00. The van der Waals surface area contributed by atoms with Crippen molar-refractivity contribution in [3.05, 3.63) is 52.9 Å². The molecule has 1 saturated carbocycles. The quantitative estimate of drug-likeness (QED) is 0.877. The van der Waals surface area contributed by atoms with Crippen molar-refractivity contribution in [2.24, 2.45) is 0 Å². The average Bonchev–Trinajstić information content (AvgIpc) is 3.15. The molecule has 20 heavy (non-hydrogen) atoms. The van der Waals surface area contributed by atoms with E-state index in [4.69, 9.17) is 16.0 Å². The van der Waals surface area contributed by atoms with Gasteiger partial charge in [0, 0.05) is 23.3 Å². The molecule has 0 amide bonds. The van der Waals surface area contributed by atoms with E-state index in [1.54, 1.807) is 6.26 Å². The van der Waals surface area contributed by atoms with Gasteiger partial charge >= 0.3 is 0 Å². The number of furan rings is 1. The summed E-state index contributed by atoms with van der Waals surface area (Å²) in [6.07, 6.45) is 4.24. The summed E-state index contributed by atoms with van der Waals surface area (Å²) in [7, 11) is 1.96. The molecule has 0 radical (unpaired) electrons. The lowest BCUT2D eigenvalue weighted by Gasteiger charge is -2.26. The fourth-order valence-corrected chi connectivity index (χ4v) is 2.73. The first-order valence-corrected chi connectivity index (χ1v) is 7.38. The summed E-state index contributed by atoms with van der Waals surface area (Å²) in [6, 6.07) is 10.7. The molecule has 0 aliphatic heterocycles. The fourth-order valence-electron chi connectivity index (χ4n) is 2.53. The van der Waals surface area contributed by atoms with Gasteiger partial charge in [-0.1, -0.05) is 11.6 Å². The predicted octanol–water partition coefficient (Wildman–Crippen LogP) is 3.82. The first kappa shape index (κ1) is 13.5. The van der Waals surface area contributed by atoms with Crippen LogP contribution in [0.15, 0.2) is 41.0 Å². The molecule has 1 N–H and O–H groups in total. The molecule has 1 aliphatic rings. The van der Waals surface area contributed by atoms with E-state index in [9.17, 15) is 0 Å². The molecule has 1 fully saturated rings. The molecule has 1 aliphatic carbocycles. The Bertz CT molecular complexity index is 564. The highest BCUT2D eigenvalue weighted by molar-refractivity contribution is 6.30. The topological polar surface area (TPSA) is 28.4 Å². The van der Waals surface area contributed by atoms with Crippen molar-refractivity contribution in [3.63, 3.8) is 0 Å². The number of hydrogen-bond donors (Lipinski definition) is 1. The molecule has 0 atom stereocenters. The number of benzene rings is 1. The number of nitrogens with zero attached hydrogens (tertiary/aromatic N) is 1. The normalized spacial score (nSPS) is 14.5. The van der Waals surface area contributed by atoms with E-state index in [0.717, 1.165) is 23.9 Å². The maximum absolute atomic E-state index is 6.13. The van der Waals surface area contributed by atoms with Crippen LogP contribution < -0.4 is 10.2 Å². The molecule has 0 saturated heterocycles. The van der Waals surface area contributed by atoms with Crippen molar-refractivity contribution in [1.29, 1.82) is 0 Å². The summed E-state index contributed by atoms with van der Waals surface area (Å²) >= 11 is 6.13. The van der Waals surface area contributed by atoms with Crippen LogP contribution >= 0.6 is 11.6 Å². The molecule has 0 spiro atoms. The van der Waals surface area contributed by atoms with Gasteiger partial charge in [-0.3, -0.25) is 0 Å². The van der Waals surface area contributed by atoms with Gasteiger partial charge in [-0.25, -0.2) is 0 Å². The second-order valence-electron chi connectivity index (χ2n) is 5.24. The maximum atomic E-state index is 6.13. The number of anilines is 1. The van der Waals surface area contributed by atoms with Gasteiger partial charge in [0.05, 0.1) is 12.8 Å². The van der Waals surface area contributed by atoms with Gasteiger partial charge in [0.25, 0.3) is 0 Å². The van der Waals surface area contributed by atoms with Crippen LogP contribution in [-0.2, 0) is 13.1 Å². The first-order chi connectivity index (χ1) is 9.78. The summed E-state index contributed by atoms with van der Waals surface area (Å²) < 4.78 is 5.50. The van der Waals surface area contributed by atoms with E-state index in [0.29, 0.717) is 6.04 Å². The van der Waals surface area contributed by atoms with Crippen LogP contribution in [-0.4, -0.2) is 13.1 Å². The van der Waals surface area contributed by atoms with E-state index in [-0.39, 0.29) is 0 Å². The second kappa shape index (κ2) is 5.90. The third-order valence-corrected chi connectivity index (χ3v) is 3.85. The molecular weight excluding hydrogens is 272 g/mol. The third-order valence-electron chi connectivity index (χ3n) is 3.61. The van der Waals surface area contributed by atoms with E-state index in [2.05, 4.69) is 16.3 Å². The van der Waals surface area contributed by atoms with E-state index in [1.165, 1.54) is 24.1 Å². The van der Waals surface area contributed by atoms with Gasteiger partial charge in [-0.05, 0) is 55.8 Å². The molecule has 3 rings (SSSR count). The largest absolute Gasteiger partial charge is 0.467 e. The fraction of sp³-hybridized carbons (Fsp3) is 0.375. The number of rotatable bonds is 6. The van der Waals surface area contributed by atoms with Crippen molar-refractivity contribution in [3.8, 4) is 0 Å².